The van der Waals surface area contributed by atoms with Crippen molar-refractivity contribution in [3.63, 3.8) is 0 Å². The van der Waals surface area contributed by atoms with Gasteiger partial charge in [0.2, 0.25) is 0 Å². The van der Waals surface area contributed by atoms with Gasteiger partial charge < -0.3 is 10.1 Å². The molecule has 0 saturated heterocycles. The second-order valence-corrected chi connectivity index (χ2v) is 5.98. The molecule has 0 aromatic carbocycles. The van der Waals surface area contributed by atoms with Gasteiger partial charge in [-0.05, 0) is 36.9 Å². The van der Waals surface area contributed by atoms with E-state index in [-0.39, 0.29) is 5.97 Å². The molecule has 2 unspecified atom stereocenters. The first kappa shape index (κ1) is 12.6. The van der Waals surface area contributed by atoms with Crippen LogP contribution in [0.3, 0.4) is 0 Å². The zero-order valence-electron chi connectivity index (χ0n) is 10.4. The van der Waals surface area contributed by atoms with Gasteiger partial charge in [0, 0.05) is 16.3 Å². The van der Waals surface area contributed by atoms with E-state index in [1.165, 1.54) is 18.4 Å². The molecular weight excluding hydrogens is 234 g/mol. The highest BCUT2D eigenvalue weighted by Crippen LogP contribution is 2.36. The summed E-state index contributed by atoms with van der Waals surface area (Å²) in [5.41, 5.74) is 0. The van der Waals surface area contributed by atoms with E-state index in [1.807, 2.05) is 6.07 Å². The van der Waals surface area contributed by atoms with Crippen molar-refractivity contribution < 1.29 is 9.53 Å². The van der Waals surface area contributed by atoms with Gasteiger partial charge in [-0.1, -0.05) is 6.92 Å². The third kappa shape index (κ3) is 3.82. The first-order valence-electron chi connectivity index (χ1n) is 6.04. The van der Waals surface area contributed by atoms with Gasteiger partial charge in [0.1, 0.15) is 0 Å². The van der Waals surface area contributed by atoms with E-state index in [9.17, 15) is 4.79 Å². The molecule has 0 radical (unpaired) electrons. The number of ether oxygens (including phenoxy) is 1. The second-order valence-electron chi connectivity index (χ2n) is 4.72. The predicted molar refractivity (Wildman–Crippen MR) is 69.0 cm³/mol. The highest BCUT2D eigenvalue weighted by Gasteiger charge is 2.31. The van der Waals surface area contributed by atoms with Crippen LogP contribution < -0.4 is 5.32 Å². The Balaban J connectivity index is 1.71. The molecule has 1 saturated carbocycles. The molecule has 0 aliphatic heterocycles. The van der Waals surface area contributed by atoms with E-state index < -0.39 is 0 Å². The maximum Gasteiger partial charge on any atom is 0.310 e. The summed E-state index contributed by atoms with van der Waals surface area (Å²) in [6.45, 7) is 4.33. The van der Waals surface area contributed by atoms with E-state index >= 15 is 0 Å². The summed E-state index contributed by atoms with van der Waals surface area (Å²) in [5, 5.41) is 3.47. The highest BCUT2D eigenvalue weighted by atomic mass is 32.1. The van der Waals surface area contributed by atoms with Gasteiger partial charge in [0.05, 0.1) is 13.5 Å². The lowest BCUT2D eigenvalue weighted by molar-refractivity contribution is -0.139. The Kier molecular flexibility index (Phi) is 4.18. The zero-order valence-corrected chi connectivity index (χ0v) is 11.2. The number of carbonyl (C=O) groups excluding carboxylic acids is 1. The molecule has 2 rings (SSSR count). The van der Waals surface area contributed by atoms with Crippen LogP contribution in [-0.2, 0) is 22.5 Å². The van der Waals surface area contributed by atoms with Crippen LogP contribution in [0.4, 0.5) is 0 Å². The first-order valence-corrected chi connectivity index (χ1v) is 6.86. The molecule has 1 aromatic rings. The van der Waals surface area contributed by atoms with Crippen molar-refractivity contribution in [1.82, 2.24) is 5.32 Å². The van der Waals surface area contributed by atoms with Crippen molar-refractivity contribution >= 4 is 17.3 Å². The van der Waals surface area contributed by atoms with Crippen molar-refractivity contribution in [1.29, 1.82) is 0 Å². The van der Waals surface area contributed by atoms with Crippen LogP contribution in [0.25, 0.3) is 0 Å². The van der Waals surface area contributed by atoms with E-state index in [0.29, 0.717) is 6.42 Å². The van der Waals surface area contributed by atoms with Gasteiger partial charge >= 0.3 is 5.97 Å². The maximum atomic E-state index is 11.1. The lowest BCUT2D eigenvalue weighted by Gasteiger charge is -2.01. The molecule has 3 nitrogen and oxygen atoms in total. The van der Waals surface area contributed by atoms with E-state index in [2.05, 4.69) is 23.0 Å². The Labute approximate surface area is 106 Å². The van der Waals surface area contributed by atoms with Crippen molar-refractivity contribution in [2.24, 2.45) is 11.8 Å². The zero-order chi connectivity index (χ0) is 12.3. The van der Waals surface area contributed by atoms with Crippen LogP contribution in [-0.4, -0.2) is 19.6 Å². The van der Waals surface area contributed by atoms with Crippen LogP contribution in [0.5, 0.6) is 0 Å². The number of hydrogen-bond donors (Lipinski definition) is 1. The molecular formula is C13H19NO2S. The van der Waals surface area contributed by atoms with Crippen LogP contribution >= 0.6 is 11.3 Å². The number of hydrogen-bond acceptors (Lipinski definition) is 4. The average molecular weight is 253 g/mol. The Morgan fingerprint density at radius 1 is 1.53 bits per heavy atom. The summed E-state index contributed by atoms with van der Waals surface area (Å²) in [4.78, 5) is 13.5. The fourth-order valence-electron chi connectivity index (χ4n) is 1.89. The third-order valence-corrected chi connectivity index (χ3v) is 4.33. The van der Waals surface area contributed by atoms with Gasteiger partial charge in [-0.3, -0.25) is 4.79 Å². The minimum atomic E-state index is -0.168. The van der Waals surface area contributed by atoms with Crippen molar-refractivity contribution in [2.45, 2.75) is 26.3 Å². The van der Waals surface area contributed by atoms with E-state index in [1.54, 1.807) is 11.3 Å². The monoisotopic (exact) mass is 253 g/mol. The SMILES string of the molecule is COC(=O)Cc1ccc(CNCC2CC2C)s1. The van der Waals surface area contributed by atoms with Crippen LogP contribution in [0.1, 0.15) is 23.1 Å². The highest BCUT2D eigenvalue weighted by molar-refractivity contribution is 7.12. The number of nitrogens with one attached hydrogen (secondary N) is 1. The van der Waals surface area contributed by atoms with Crippen molar-refractivity contribution in [3.8, 4) is 0 Å². The fourth-order valence-corrected chi connectivity index (χ4v) is 2.86. The molecule has 1 fully saturated rings. The molecule has 1 N–H and O–H groups in total. The molecule has 0 spiro atoms. The minimum Gasteiger partial charge on any atom is -0.469 e. The van der Waals surface area contributed by atoms with Crippen LogP contribution in [0, 0.1) is 11.8 Å². The summed E-state index contributed by atoms with van der Waals surface area (Å²) in [5.74, 6) is 1.61. The molecule has 1 aromatic heterocycles. The smallest absolute Gasteiger partial charge is 0.310 e. The number of methoxy groups -OCH3 is 1. The molecule has 2 atom stereocenters. The maximum absolute atomic E-state index is 11.1. The summed E-state index contributed by atoms with van der Waals surface area (Å²) in [7, 11) is 1.43. The largest absolute Gasteiger partial charge is 0.469 e. The Bertz CT molecular complexity index is 389. The number of thiophene rings is 1. The minimum absolute atomic E-state index is 0.168. The Hall–Kier alpha value is -0.870. The van der Waals surface area contributed by atoms with Crippen LogP contribution in [0.15, 0.2) is 12.1 Å². The quantitative estimate of drug-likeness (QED) is 0.790. The molecule has 1 aliphatic carbocycles. The summed E-state index contributed by atoms with van der Waals surface area (Å²) >= 11 is 1.69. The second kappa shape index (κ2) is 5.65. The Morgan fingerprint density at radius 3 is 2.88 bits per heavy atom. The van der Waals surface area contributed by atoms with Gasteiger partial charge in [-0.15, -0.1) is 11.3 Å². The molecule has 0 bridgehead atoms. The van der Waals surface area contributed by atoms with Gasteiger partial charge in [0.15, 0.2) is 0 Å². The lowest BCUT2D eigenvalue weighted by atomic mass is 10.3. The molecule has 4 heteroatoms. The molecule has 1 heterocycles. The average Bonchev–Trinajstić information content (AvgIpc) is 2.83. The van der Waals surface area contributed by atoms with Crippen LogP contribution in [0.2, 0.25) is 0 Å². The summed E-state index contributed by atoms with van der Waals surface area (Å²) < 4.78 is 4.65. The molecule has 94 valence electrons. The molecule has 17 heavy (non-hydrogen) atoms. The number of rotatable bonds is 6. The van der Waals surface area contributed by atoms with E-state index in [4.69, 9.17) is 0 Å². The Morgan fingerprint density at radius 2 is 2.24 bits per heavy atom. The standard InChI is InChI=1S/C13H19NO2S/c1-9-5-10(9)7-14-8-12-4-3-11(17-12)6-13(15)16-2/h3-4,9-10,14H,5-8H2,1-2H3. The van der Waals surface area contributed by atoms with Crippen molar-refractivity contribution in [3.05, 3.63) is 21.9 Å². The van der Waals surface area contributed by atoms with Gasteiger partial charge in [-0.25, -0.2) is 0 Å². The molecule has 0 amide bonds. The summed E-state index contributed by atoms with van der Waals surface area (Å²) in [6.07, 6.45) is 1.76. The fraction of sp³-hybridized carbons (Fsp3) is 0.615. The number of carbonyl (C=O) groups is 1. The molecule has 1 aliphatic rings. The normalized spacial score (nSPS) is 22.5. The predicted octanol–water partition coefficient (Wildman–Crippen LogP) is 2.21. The van der Waals surface area contributed by atoms with Gasteiger partial charge in [0.25, 0.3) is 0 Å². The first-order chi connectivity index (χ1) is 8.19. The van der Waals surface area contributed by atoms with Crippen molar-refractivity contribution in [2.75, 3.05) is 13.7 Å². The topological polar surface area (TPSA) is 38.3 Å². The lowest BCUT2D eigenvalue weighted by Crippen LogP contribution is -2.15. The summed E-state index contributed by atoms with van der Waals surface area (Å²) in [6, 6.07) is 4.10. The van der Waals surface area contributed by atoms with E-state index in [0.717, 1.165) is 29.8 Å². The third-order valence-electron chi connectivity index (χ3n) is 3.25. The van der Waals surface area contributed by atoms with Gasteiger partial charge in [-0.2, -0.15) is 0 Å². The number of esters is 1.